The Kier molecular flexibility index (Phi) is 10.9. The predicted molar refractivity (Wildman–Crippen MR) is 135 cm³/mol. The van der Waals surface area contributed by atoms with Gasteiger partial charge in [0.1, 0.15) is 23.6 Å². The van der Waals surface area contributed by atoms with E-state index in [1.165, 1.54) is 12.4 Å². The molecule has 2 rings (SSSR count). The van der Waals surface area contributed by atoms with Crippen LogP contribution in [0.3, 0.4) is 0 Å². The highest BCUT2D eigenvalue weighted by Gasteiger charge is 2.24. The van der Waals surface area contributed by atoms with Gasteiger partial charge in [-0.1, -0.05) is 52.0 Å². The molecule has 8 nitrogen and oxygen atoms in total. The van der Waals surface area contributed by atoms with E-state index in [0.29, 0.717) is 17.5 Å². The molecule has 0 amide bonds. The van der Waals surface area contributed by atoms with Gasteiger partial charge in [0.05, 0.1) is 13.2 Å². The molecule has 35 heavy (non-hydrogen) atoms. The molecule has 2 N–H and O–H groups in total. The number of para-hydroxylation sites is 2. The van der Waals surface area contributed by atoms with Crippen molar-refractivity contribution in [3.63, 3.8) is 0 Å². The van der Waals surface area contributed by atoms with E-state index < -0.39 is 24.0 Å². The highest BCUT2D eigenvalue weighted by molar-refractivity contribution is 5.87. The molecule has 0 radical (unpaired) electrons. The third-order valence-corrected chi connectivity index (χ3v) is 5.15. The van der Waals surface area contributed by atoms with Gasteiger partial charge in [0, 0.05) is 30.0 Å². The number of hydrogen-bond donors (Lipinski definition) is 2. The van der Waals surface area contributed by atoms with Gasteiger partial charge in [-0.3, -0.25) is 9.98 Å². The fraction of sp³-hybridized carbons (Fsp3) is 0.407. The lowest BCUT2D eigenvalue weighted by molar-refractivity contribution is -0.148. The highest BCUT2D eigenvalue weighted by Crippen LogP contribution is 2.16. The van der Waals surface area contributed by atoms with Crippen LogP contribution in [0, 0.1) is 11.8 Å². The van der Waals surface area contributed by atoms with Crippen LogP contribution in [0.15, 0.2) is 58.5 Å². The van der Waals surface area contributed by atoms with Gasteiger partial charge in [0.25, 0.3) is 0 Å². The Hall–Kier alpha value is -3.68. The summed E-state index contributed by atoms with van der Waals surface area (Å²) in [6, 6.07) is 12.0. The number of benzene rings is 2. The summed E-state index contributed by atoms with van der Waals surface area (Å²) < 4.78 is 10.7. The predicted octanol–water partition coefficient (Wildman–Crippen LogP) is 4.16. The van der Waals surface area contributed by atoms with Crippen LogP contribution in [0.1, 0.15) is 45.2 Å². The van der Waals surface area contributed by atoms with Gasteiger partial charge >= 0.3 is 11.9 Å². The minimum atomic E-state index is -0.716. The molecule has 0 fully saturated rings. The molecule has 2 aromatic rings. The molecule has 2 atom stereocenters. The Balaban J connectivity index is 1.82. The average molecular weight is 483 g/mol. The number of rotatable bonds is 12. The average Bonchev–Trinajstić information content (AvgIpc) is 2.81. The Bertz CT molecular complexity index is 950. The van der Waals surface area contributed by atoms with Crippen LogP contribution in [0.25, 0.3) is 0 Å². The number of carbonyl (C=O) groups is 2. The smallest absolute Gasteiger partial charge is 0.331 e. The summed E-state index contributed by atoms with van der Waals surface area (Å²) in [4.78, 5) is 33.6. The van der Waals surface area contributed by atoms with Gasteiger partial charge in [0.2, 0.25) is 0 Å². The fourth-order valence-corrected chi connectivity index (χ4v) is 3.10. The van der Waals surface area contributed by atoms with Gasteiger partial charge < -0.3 is 19.7 Å². The first-order valence-corrected chi connectivity index (χ1v) is 11.7. The second-order valence-corrected chi connectivity index (χ2v) is 8.74. The number of nitrogens with zero attached hydrogens (tertiary/aromatic N) is 2. The third kappa shape index (κ3) is 8.88. The monoisotopic (exact) mass is 482 g/mol. The summed E-state index contributed by atoms with van der Waals surface area (Å²) >= 11 is 0. The molecule has 0 saturated carbocycles. The molecule has 0 heterocycles. The number of esters is 2. The van der Waals surface area contributed by atoms with Crippen LogP contribution in [-0.2, 0) is 19.1 Å². The van der Waals surface area contributed by atoms with E-state index in [1.54, 1.807) is 48.5 Å². The van der Waals surface area contributed by atoms with Crippen molar-refractivity contribution in [3.8, 4) is 11.5 Å². The number of carbonyl (C=O) groups excluding carboxylic acids is 2. The minimum Gasteiger partial charge on any atom is -0.507 e. The molecule has 0 bridgehead atoms. The molecule has 0 spiro atoms. The lowest BCUT2D eigenvalue weighted by Crippen LogP contribution is -2.29. The molecular weight excluding hydrogens is 448 g/mol. The Morgan fingerprint density at radius 1 is 0.743 bits per heavy atom. The summed E-state index contributed by atoms with van der Waals surface area (Å²) in [5.74, 6) is -1.000. The summed E-state index contributed by atoms with van der Waals surface area (Å²) in [6.07, 6.45) is 3.26. The van der Waals surface area contributed by atoms with E-state index in [2.05, 4.69) is 9.98 Å². The number of ether oxygens (including phenoxy) is 2. The summed E-state index contributed by atoms with van der Waals surface area (Å²) in [5, 5.41) is 19.7. The van der Waals surface area contributed by atoms with E-state index in [-0.39, 0.29) is 36.5 Å². The molecule has 0 unspecified atom stereocenters. The minimum absolute atomic E-state index is 0.0783. The lowest BCUT2D eigenvalue weighted by atomic mass is 10.1. The molecular formula is C27H34N2O6. The molecule has 0 aromatic heterocycles. The number of aromatic hydroxyl groups is 2. The van der Waals surface area contributed by atoms with Crippen molar-refractivity contribution in [2.45, 2.75) is 46.2 Å². The topological polar surface area (TPSA) is 118 Å². The number of phenolic OH excluding ortho intramolecular Hbond substituents is 2. The van der Waals surface area contributed by atoms with Crippen molar-refractivity contribution in [2.24, 2.45) is 21.8 Å². The zero-order valence-electron chi connectivity index (χ0n) is 20.6. The van der Waals surface area contributed by atoms with Crippen LogP contribution in [0.5, 0.6) is 11.5 Å². The molecule has 0 aliphatic rings. The summed E-state index contributed by atoms with van der Waals surface area (Å²) in [5.41, 5.74) is 1.03. The zero-order chi connectivity index (χ0) is 25.8. The van der Waals surface area contributed by atoms with E-state index in [9.17, 15) is 19.8 Å². The molecule has 8 heteroatoms. The van der Waals surface area contributed by atoms with E-state index >= 15 is 0 Å². The third-order valence-electron chi connectivity index (χ3n) is 5.15. The van der Waals surface area contributed by atoms with Crippen molar-refractivity contribution < 1.29 is 29.3 Å². The maximum Gasteiger partial charge on any atom is 0.331 e. The molecule has 0 aliphatic heterocycles. The van der Waals surface area contributed by atoms with Crippen LogP contribution >= 0.6 is 0 Å². The van der Waals surface area contributed by atoms with Crippen LogP contribution in [-0.4, -0.2) is 59.9 Å². The number of hydrogen-bond acceptors (Lipinski definition) is 8. The van der Waals surface area contributed by atoms with Crippen molar-refractivity contribution >= 4 is 24.4 Å². The quantitative estimate of drug-likeness (QED) is 0.266. The van der Waals surface area contributed by atoms with E-state index in [0.717, 1.165) is 0 Å². The maximum absolute atomic E-state index is 12.5. The first-order valence-electron chi connectivity index (χ1n) is 11.7. The van der Waals surface area contributed by atoms with Gasteiger partial charge in [-0.2, -0.15) is 0 Å². The van der Waals surface area contributed by atoms with Crippen molar-refractivity contribution in [1.82, 2.24) is 0 Å². The number of phenols is 2. The lowest BCUT2D eigenvalue weighted by Gasteiger charge is -2.17. The van der Waals surface area contributed by atoms with E-state index in [1.807, 2.05) is 27.7 Å². The zero-order valence-corrected chi connectivity index (χ0v) is 20.6. The van der Waals surface area contributed by atoms with E-state index in [4.69, 9.17) is 9.47 Å². The van der Waals surface area contributed by atoms with Gasteiger partial charge in [0.15, 0.2) is 0 Å². The fourth-order valence-electron chi connectivity index (χ4n) is 3.10. The van der Waals surface area contributed by atoms with Crippen molar-refractivity contribution in [3.05, 3.63) is 59.7 Å². The molecule has 188 valence electrons. The normalized spacial score (nSPS) is 13.4. The van der Waals surface area contributed by atoms with Gasteiger partial charge in [-0.05, 0) is 36.1 Å². The second kappa shape index (κ2) is 13.9. The molecule has 2 aromatic carbocycles. The maximum atomic E-state index is 12.5. The van der Waals surface area contributed by atoms with Crippen LogP contribution in [0.2, 0.25) is 0 Å². The van der Waals surface area contributed by atoms with Gasteiger partial charge in [-0.15, -0.1) is 0 Å². The Morgan fingerprint density at radius 2 is 1.11 bits per heavy atom. The molecule has 0 saturated heterocycles. The summed E-state index contributed by atoms with van der Waals surface area (Å²) in [7, 11) is 0. The SMILES string of the molecule is CC(C)[C@H](N=Cc1ccccc1O)C(=O)OCCCOC(=O)[C@@H](N=Cc1ccccc1O)C(C)C. The number of aliphatic imine (C=N–C) groups is 2. The first-order chi connectivity index (χ1) is 16.7. The van der Waals surface area contributed by atoms with Crippen LogP contribution < -0.4 is 0 Å². The van der Waals surface area contributed by atoms with Gasteiger partial charge in [-0.25, -0.2) is 9.59 Å². The van der Waals surface area contributed by atoms with Crippen molar-refractivity contribution in [2.75, 3.05) is 13.2 Å². The Labute approximate surface area is 206 Å². The van der Waals surface area contributed by atoms with Crippen molar-refractivity contribution in [1.29, 1.82) is 0 Å². The Morgan fingerprint density at radius 3 is 1.46 bits per heavy atom. The largest absolute Gasteiger partial charge is 0.507 e. The van der Waals surface area contributed by atoms with Crippen LogP contribution in [0.4, 0.5) is 0 Å². The standard InChI is InChI=1S/C27H34N2O6/c1-18(2)24(28-16-20-10-5-7-12-22(20)30)26(32)34-14-9-15-35-27(33)25(19(3)4)29-17-21-11-6-8-13-23(21)31/h5-8,10-13,16-19,24-25,30-31H,9,14-15H2,1-4H3/t24-,25-/m0/s1. The summed E-state index contributed by atoms with van der Waals surface area (Å²) in [6.45, 7) is 7.59. The second-order valence-electron chi connectivity index (χ2n) is 8.74. The first kappa shape index (κ1) is 27.6. The molecule has 0 aliphatic carbocycles. The highest BCUT2D eigenvalue weighted by atomic mass is 16.5.